The lowest BCUT2D eigenvalue weighted by Gasteiger charge is -2.28. The number of aromatic nitrogens is 2. The molecule has 0 amide bonds. The number of nitrogens with two attached hydrogens (primary N) is 1. The number of halogens is 1. The van der Waals surface area contributed by atoms with E-state index in [0.717, 1.165) is 0 Å². The van der Waals surface area contributed by atoms with Crippen LogP contribution in [0.5, 0.6) is 0 Å². The molecule has 0 aliphatic rings. The maximum Gasteiger partial charge on any atom is 0.258 e. The predicted molar refractivity (Wildman–Crippen MR) is 91.1 cm³/mol. The van der Waals surface area contributed by atoms with Gasteiger partial charge in [0.15, 0.2) is 0 Å². The van der Waals surface area contributed by atoms with Crippen molar-refractivity contribution in [3.63, 3.8) is 0 Å². The monoisotopic (exact) mass is 362 g/mol. The molecule has 0 aliphatic carbocycles. The van der Waals surface area contributed by atoms with Crippen molar-refractivity contribution >= 4 is 33.5 Å². The third-order valence-electron chi connectivity index (χ3n) is 3.63. The second-order valence-electron chi connectivity index (χ2n) is 6.14. The highest BCUT2D eigenvalue weighted by atomic mass is 35.5. The first kappa shape index (κ1) is 19.8. The molecule has 0 saturated heterocycles. The number of nitrogens with zero attached hydrogens (tertiary/aromatic N) is 3. The molecule has 0 spiro atoms. The van der Waals surface area contributed by atoms with Gasteiger partial charge in [-0.05, 0) is 24.4 Å². The van der Waals surface area contributed by atoms with Gasteiger partial charge in [0.25, 0.3) is 5.71 Å². The second kappa shape index (κ2) is 7.12. The zero-order chi connectivity index (χ0) is 16.5. The summed E-state index contributed by atoms with van der Waals surface area (Å²) >= 11 is 0. The number of fused-ring (bicyclic) bond motifs is 1. The van der Waals surface area contributed by atoms with Crippen molar-refractivity contribution in [2.24, 2.45) is 11.1 Å². The molecule has 2 aromatic rings. The molecule has 0 radical (unpaired) electrons. The van der Waals surface area contributed by atoms with Gasteiger partial charge in [-0.2, -0.15) is 0 Å². The van der Waals surface area contributed by atoms with Crippen LogP contribution < -0.4 is 5.73 Å². The van der Waals surface area contributed by atoms with E-state index in [0.29, 0.717) is 36.3 Å². The Kier molecular flexibility index (Phi) is 6.14. The Balaban J connectivity index is 0.00000264. The third-order valence-corrected chi connectivity index (χ3v) is 5.39. The molecule has 23 heavy (non-hydrogen) atoms. The quantitative estimate of drug-likeness (QED) is 0.840. The molecule has 0 saturated carbocycles. The summed E-state index contributed by atoms with van der Waals surface area (Å²) in [5.41, 5.74) is 6.43. The molecule has 2 N–H and O–H groups in total. The Hall–Kier alpha value is -1.22. The van der Waals surface area contributed by atoms with E-state index in [4.69, 9.17) is 10.3 Å². The molecule has 2 aromatic heterocycles. The Labute approximate surface area is 142 Å². The zero-order valence-electron chi connectivity index (χ0n) is 13.7. The third kappa shape index (κ3) is 4.00. The molecule has 130 valence electrons. The largest absolute Gasteiger partial charge is 0.336 e. The van der Waals surface area contributed by atoms with E-state index in [9.17, 15) is 8.42 Å². The van der Waals surface area contributed by atoms with Gasteiger partial charge in [0.2, 0.25) is 10.0 Å². The van der Waals surface area contributed by atoms with Crippen LogP contribution in [0.4, 0.5) is 0 Å². The maximum atomic E-state index is 12.7. The molecule has 7 nitrogen and oxygen atoms in total. The summed E-state index contributed by atoms with van der Waals surface area (Å²) in [5, 5.41) is 4.53. The van der Waals surface area contributed by atoms with E-state index in [1.54, 1.807) is 13.1 Å². The van der Waals surface area contributed by atoms with Crippen molar-refractivity contribution in [1.29, 1.82) is 0 Å². The van der Waals surface area contributed by atoms with Gasteiger partial charge >= 0.3 is 0 Å². The molecular formula is C14H23ClN4O3S. The van der Waals surface area contributed by atoms with Crippen molar-refractivity contribution in [2.45, 2.75) is 32.1 Å². The first-order chi connectivity index (χ1) is 10.2. The average Bonchev–Trinajstić information content (AvgIpc) is 2.88. The minimum absolute atomic E-state index is 0. The van der Waals surface area contributed by atoms with Gasteiger partial charge in [-0.3, -0.25) is 0 Å². The molecule has 0 aromatic carbocycles. The molecule has 2 heterocycles. The van der Waals surface area contributed by atoms with Crippen LogP contribution in [0.25, 0.3) is 11.1 Å². The molecule has 0 aliphatic heterocycles. The van der Waals surface area contributed by atoms with Crippen LogP contribution in [-0.2, 0) is 16.4 Å². The Morgan fingerprint density at radius 3 is 2.61 bits per heavy atom. The minimum Gasteiger partial charge on any atom is -0.336 e. The average molecular weight is 363 g/mol. The number of pyridine rings is 1. The van der Waals surface area contributed by atoms with E-state index in [1.165, 1.54) is 10.5 Å². The van der Waals surface area contributed by atoms with Crippen molar-refractivity contribution in [2.75, 3.05) is 20.1 Å². The van der Waals surface area contributed by atoms with E-state index in [2.05, 4.69) is 10.1 Å². The smallest absolute Gasteiger partial charge is 0.258 e. The summed E-state index contributed by atoms with van der Waals surface area (Å²) in [6, 6.07) is 1.57. The fourth-order valence-corrected chi connectivity index (χ4v) is 3.52. The predicted octanol–water partition coefficient (Wildman–Crippen LogP) is 1.81. The van der Waals surface area contributed by atoms with Gasteiger partial charge in [-0.15, -0.1) is 12.4 Å². The summed E-state index contributed by atoms with van der Waals surface area (Å²) < 4.78 is 31.8. The summed E-state index contributed by atoms with van der Waals surface area (Å²) in [6.07, 6.45) is 1.95. The van der Waals surface area contributed by atoms with Crippen LogP contribution in [0, 0.1) is 5.41 Å². The van der Waals surface area contributed by atoms with Crippen molar-refractivity contribution in [1.82, 2.24) is 14.4 Å². The van der Waals surface area contributed by atoms with Crippen LogP contribution in [0.2, 0.25) is 0 Å². The van der Waals surface area contributed by atoms with Crippen LogP contribution in [0.3, 0.4) is 0 Å². The molecule has 9 heteroatoms. The lowest BCUT2D eigenvalue weighted by atomic mass is 9.94. The highest BCUT2D eigenvalue weighted by Gasteiger charge is 2.28. The van der Waals surface area contributed by atoms with Crippen molar-refractivity contribution in [3.05, 3.63) is 18.0 Å². The molecule has 2 rings (SSSR count). The maximum absolute atomic E-state index is 12.7. The Bertz CT molecular complexity index is 773. The highest BCUT2D eigenvalue weighted by Crippen LogP contribution is 2.24. The number of rotatable bonds is 6. The zero-order valence-corrected chi connectivity index (χ0v) is 15.4. The molecule has 0 fully saturated rings. The number of sulfonamides is 1. The van der Waals surface area contributed by atoms with E-state index in [1.807, 2.05) is 20.8 Å². The van der Waals surface area contributed by atoms with E-state index in [-0.39, 0.29) is 22.7 Å². The highest BCUT2D eigenvalue weighted by molar-refractivity contribution is 7.89. The summed E-state index contributed by atoms with van der Waals surface area (Å²) in [7, 11) is -2.08. The van der Waals surface area contributed by atoms with Gasteiger partial charge in [0.1, 0.15) is 4.90 Å². The van der Waals surface area contributed by atoms with Gasteiger partial charge in [-0.25, -0.2) is 17.7 Å². The fourth-order valence-electron chi connectivity index (χ4n) is 2.19. The molecular weight excluding hydrogens is 340 g/mol. The first-order valence-corrected chi connectivity index (χ1v) is 8.56. The standard InChI is InChI=1S/C14H22N4O3S.ClH/c1-5-12-11-6-10(7-16-13(11)21-17-12)22(19,20)18(4)9-14(2,3)8-15;/h6-7H,5,8-9,15H2,1-4H3;1H. The van der Waals surface area contributed by atoms with Gasteiger partial charge < -0.3 is 10.3 Å². The SMILES string of the molecule is CCc1noc2ncc(S(=O)(=O)N(C)CC(C)(C)CN)cc12.Cl. The van der Waals surface area contributed by atoms with Crippen LogP contribution >= 0.6 is 12.4 Å². The summed E-state index contributed by atoms with van der Waals surface area (Å²) in [5.74, 6) is 0. The van der Waals surface area contributed by atoms with E-state index < -0.39 is 10.0 Å². The normalized spacial score (nSPS) is 12.6. The molecule has 0 unspecified atom stereocenters. The van der Waals surface area contributed by atoms with Gasteiger partial charge in [0, 0.05) is 13.6 Å². The number of hydrogen-bond donors (Lipinski definition) is 1. The molecule has 0 atom stereocenters. The minimum atomic E-state index is -3.63. The lowest BCUT2D eigenvalue weighted by molar-refractivity contribution is 0.292. The van der Waals surface area contributed by atoms with Crippen LogP contribution in [0.1, 0.15) is 26.5 Å². The topological polar surface area (TPSA) is 102 Å². The lowest BCUT2D eigenvalue weighted by Crippen LogP contribution is -2.39. The molecule has 0 bridgehead atoms. The Morgan fingerprint density at radius 1 is 1.39 bits per heavy atom. The fraction of sp³-hybridized carbons (Fsp3) is 0.571. The van der Waals surface area contributed by atoms with Crippen LogP contribution in [0.15, 0.2) is 21.7 Å². The number of aryl methyl sites for hydroxylation is 1. The van der Waals surface area contributed by atoms with Crippen molar-refractivity contribution < 1.29 is 12.9 Å². The summed E-state index contributed by atoms with van der Waals surface area (Å²) in [6.45, 7) is 6.50. The second-order valence-corrected chi connectivity index (χ2v) is 8.18. The van der Waals surface area contributed by atoms with Gasteiger partial charge in [0.05, 0.1) is 17.3 Å². The van der Waals surface area contributed by atoms with Crippen LogP contribution in [-0.4, -0.2) is 43.0 Å². The van der Waals surface area contributed by atoms with E-state index >= 15 is 0 Å². The van der Waals surface area contributed by atoms with Crippen molar-refractivity contribution in [3.8, 4) is 0 Å². The Morgan fingerprint density at radius 2 is 2.04 bits per heavy atom. The first-order valence-electron chi connectivity index (χ1n) is 7.12. The number of hydrogen-bond acceptors (Lipinski definition) is 6. The van der Waals surface area contributed by atoms with Gasteiger partial charge in [-0.1, -0.05) is 25.9 Å². The summed E-state index contributed by atoms with van der Waals surface area (Å²) in [4.78, 5) is 4.19.